The summed E-state index contributed by atoms with van der Waals surface area (Å²) in [5.41, 5.74) is 1.16. The number of amides is 1. The number of benzene rings is 1. The van der Waals surface area contributed by atoms with Crippen LogP contribution in [0.2, 0.25) is 0 Å². The van der Waals surface area contributed by atoms with Gasteiger partial charge >= 0.3 is 0 Å². The SMILES string of the molecule is CC(C)C(=O)Nc1nnc(S(=O)(=O)N[C@@H](C)CCc2ccccc2)s1. The number of nitrogens with zero attached hydrogens (tertiary/aromatic N) is 2. The van der Waals surface area contributed by atoms with Crippen LogP contribution in [0, 0.1) is 5.92 Å². The Morgan fingerprint density at radius 1 is 1.16 bits per heavy atom. The number of rotatable bonds is 8. The molecular formula is C16H22N4O3S2. The predicted octanol–water partition coefficient (Wildman–Crippen LogP) is 2.43. The minimum Gasteiger partial charge on any atom is -0.300 e. The summed E-state index contributed by atoms with van der Waals surface area (Å²) in [6.45, 7) is 5.29. The summed E-state index contributed by atoms with van der Waals surface area (Å²) < 4.78 is 27.2. The quantitative estimate of drug-likeness (QED) is 0.683. The number of nitrogens with one attached hydrogen (secondary N) is 2. The maximum absolute atomic E-state index is 12.4. The summed E-state index contributed by atoms with van der Waals surface area (Å²) in [7, 11) is -3.76. The highest BCUT2D eigenvalue weighted by atomic mass is 32.2. The molecule has 0 saturated carbocycles. The molecule has 2 rings (SSSR count). The highest BCUT2D eigenvalue weighted by Crippen LogP contribution is 2.21. The second kappa shape index (κ2) is 8.50. The average Bonchev–Trinajstić information content (AvgIpc) is 3.03. The lowest BCUT2D eigenvalue weighted by Crippen LogP contribution is -2.32. The van der Waals surface area contributed by atoms with Crippen LogP contribution in [-0.4, -0.2) is 30.6 Å². The molecule has 1 amide bonds. The first-order valence-electron chi connectivity index (χ1n) is 7.98. The molecule has 0 spiro atoms. The summed E-state index contributed by atoms with van der Waals surface area (Å²) in [4.78, 5) is 11.6. The number of carbonyl (C=O) groups excluding carboxylic acids is 1. The molecule has 2 aromatic rings. The molecule has 0 aliphatic heterocycles. The van der Waals surface area contributed by atoms with E-state index in [-0.39, 0.29) is 27.3 Å². The first-order chi connectivity index (χ1) is 11.8. The number of hydrogen-bond acceptors (Lipinski definition) is 6. The molecular weight excluding hydrogens is 360 g/mol. The molecule has 0 fully saturated rings. The zero-order valence-electron chi connectivity index (χ0n) is 14.4. The van der Waals surface area contributed by atoms with Gasteiger partial charge in [0.05, 0.1) is 0 Å². The molecule has 7 nitrogen and oxygen atoms in total. The minimum atomic E-state index is -3.76. The maximum Gasteiger partial charge on any atom is 0.270 e. The van der Waals surface area contributed by atoms with Crippen molar-refractivity contribution in [1.29, 1.82) is 0 Å². The number of aromatic nitrogens is 2. The topological polar surface area (TPSA) is 101 Å². The Kier molecular flexibility index (Phi) is 6.63. The van der Waals surface area contributed by atoms with Crippen LogP contribution in [0.4, 0.5) is 5.13 Å². The highest BCUT2D eigenvalue weighted by Gasteiger charge is 2.23. The van der Waals surface area contributed by atoms with Crippen LogP contribution in [0.15, 0.2) is 34.7 Å². The fourth-order valence-corrected chi connectivity index (χ4v) is 4.22. The van der Waals surface area contributed by atoms with E-state index in [0.717, 1.165) is 23.3 Å². The Labute approximate surface area is 151 Å². The van der Waals surface area contributed by atoms with Gasteiger partial charge in [-0.15, -0.1) is 10.2 Å². The van der Waals surface area contributed by atoms with E-state index in [9.17, 15) is 13.2 Å². The molecule has 0 radical (unpaired) electrons. The van der Waals surface area contributed by atoms with Gasteiger partial charge in [0.1, 0.15) is 0 Å². The third-order valence-corrected chi connectivity index (χ3v) is 6.25. The highest BCUT2D eigenvalue weighted by molar-refractivity contribution is 7.91. The molecule has 2 N–H and O–H groups in total. The van der Waals surface area contributed by atoms with Crippen molar-refractivity contribution < 1.29 is 13.2 Å². The summed E-state index contributed by atoms with van der Waals surface area (Å²) in [5, 5.41) is 10.1. The van der Waals surface area contributed by atoms with Crippen LogP contribution in [0.25, 0.3) is 0 Å². The third-order valence-electron chi connectivity index (χ3n) is 3.46. The van der Waals surface area contributed by atoms with Gasteiger partial charge in [-0.1, -0.05) is 55.5 Å². The Hall–Kier alpha value is -1.84. The van der Waals surface area contributed by atoms with Crippen molar-refractivity contribution in [3.63, 3.8) is 0 Å². The van der Waals surface area contributed by atoms with Crippen LogP contribution < -0.4 is 10.0 Å². The molecule has 25 heavy (non-hydrogen) atoms. The molecule has 0 saturated heterocycles. The van der Waals surface area contributed by atoms with Crippen molar-refractivity contribution >= 4 is 32.4 Å². The molecule has 1 atom stereocenters. The molecule has 0 unspecified atom stereocenters. The van der Waals surface area contributed by atoms with Crippen molar-refractivity contribution in [2.24, 2.45) is 5.92 Å². The van der Waals surface area contributed by atoms with Gasteiger partial charge in [0.25, 0.3) is 10.0 Å². The number of aryl methyl sites for hydroxylation is 1. The normalized spacial score (nSPS) is 13.0. The second-order valence-electron chi connectivity index (χ2n) is 6.06. The monoisotopic (exact) mass is 382 g/mol. The first-order valence-corrected chi connectivity index (χ1v) is 10.3. The molecule has 0 aliphatic rings. The molecule has 9 heteroatoms. The van der Waals surface area contributed by atoms with E-state index in [2.05, 4.69) is 20.2 Å². The number of carbonyl (C=O) groups is 1. The smallest absolute Gasteiger partial charge is 0.270 e. The van der Waals surface area contributed by atoms with E-state index in [1.54, 1.807) is 13.8 Å². The van der Waals surface area contributed by atoms with Crippen molar-refractivity contribution in [1.82, 2.24) is 14.9 Å². The predicted molar refractivity (Wildman–Crippen MR) is 97.9 cm³/mol. The van der Waals surface area contributed by atoms with E-state index in [4.69, 9.17) is 0 Å². The Morgan fingerprint density at radius 2 is 1.84 bits per heavy atom. The lowest BCUT2D eigenvalue weighted by Gasteiger charge is -2.12. The van der Waals surface area contributed by atoms with E-state index >= 15 is 0 Å². The van der Waals surface area contributed by atoms with Gasteiger partial charge in [-0.05, 0) is 25.3 Å². The van der Waals surface area contributed by atoms with Crippen molar-refractivity contribution in [3.05, 3.63) is 35.9 Å². The van der Waals surface area contributed by atoms with E-state index < -0.39 is 10.0 Å². The zero-order chi connectivity index (χ0) is 18.4. The summed E-state index contributed by atoms with van der Waals surface area (Å²) >= 11 is 0.837. The Bertz CT molecular complexity index is 804. The lowest BCUT2D eigenvalue weighted by atomic mass is 10.1. The van der Waals surface area contributed by atoms with Gasteiger partial charge in [-0.2, -0.15) is 0 Å². The van der Waals surface area contributed by atoms with Gasteiger partial charge in [-0.25, -0.2) is 13.1 Å². The standard InChI is InChI=1S/C16H22N4O3S2/c1-11(2)14(21)17-15-18-19-16(24-15)25(22,23)20-12(3)9-10-13-7-5-4-6-8-13/h4-8,11-12,20H,9-10H2,1-3H3,(H,17,18,21)/t12-/m0/s1. The van der Waals surface area contributed by atoms with Crippen LogP contribution in [0.5, 0.6) is 0 Å². The first kappa shape index (κ1) is 19.5. The maximum atomic E-state index is 12.4. The van der Waals surface area contributed by atoms with Crippen LogP contribution >= 0.6 is 11.3 Å². The minimum absolute atomic E-state index is 0.155. The third kappa shape index (κ3) is 5.87. The molecule has 0 aliphatic carbocycles. The van der Waals surface area contributed by atoms with Gasteiger partial charge in [0.15, 0.2) is 0 Å². The van der Waals surface area contributed by atoms with Crippen LogP contribution in [-0.2, 0) is 21.2 Å². The number of sulfonamides is 1. The Balaban J connectivity index is 1.94. The van der Waals surface area contributed by atoms with Crippen molar-refractivity contribution in [3.8, 4) is 0 Å². The van der Waals surface area contributed by atoms with E-state index in [0.29, 0.717) is 6.42 Å². The van der Waals surface area contributed by atoms with Gasteiger partial charge in [0, 0.05) is 12.0 Å². The summed E-state index contributed by atoms with van der Waals surface area (Å²) in [6, 6.07) is 9.63. The fraction of sp³-hybridized carbons (Fsp3) is 0.438. The van der Waals surface area contributed by atoms with Gasteiger partial charge in [-0.3, -0.25) is 4.79 Å². The van der Waals surface area contributed by atoms with Gasteiger partial charge in [0.2, 0.25) is 15.4 Å². The zero-order valence-corrected chi connectivity index (χ0v) is 16.0. The van der Waals surface area contributed by atoms with E-state index in [1.165, 1.54) is 0 Å². The molecule has 136 valence electrons. The summed E-state index contributed by atoms with van der Waals surface area (Å²) in [6.07, 6.45) is 1.44. The van der Waals surface area contributed by atoms with Crippen molar-refractivity contribution in [2.75, 3.05) is 5.32 Å². The lowest BCUT2D eigenvalue weighted by molar-refractivity contribution is -0.118. The van der Waals surface area contributed by atoms with E-state index in [1.807, 2.05) is 37.3 Å². The molecule has 1 aromatic carbocycles. The fourth-order valence-electron chi connectivity index (χ4n) is 2.02. The van der Waals surface area contributed by atoms with Crippen LogP contribution in [0.3, 0.4) is 0 Å². The number of hydrogen-bond donors (Lipinski definition) is 2. The van der Waals surface area contributed by atoms with Crippen molar-refractivity contribution in [2.45, 2.75) is 44.0 Å². The molecule has 1 heterocycles. The number of anilines is 1. The second-order valence-corrected chi connectivity index (χ2v) is 8.93. The summed E-state index contributed by atoms with van der Waals surface area (Å²) in [5.74, 6) is -0.454. The Morgan fingerprint density at radius 3 is 2.48 bits per heavy atom. The van der Waals surface area contributed by atoms with Gasteiger partial charge < -0.3 is 5.32 Å². The average molecular weight is 383 g/mol. The molecule has 1 aromatic heterocycles. The largest absolute Gasteiger partial charge is 0.300 e. The molecule has 0 bridgehead atoms. The van der Waals surface area contributed by atoms with Crippen LogP contribution in [0.1, 0.15) is 32.8 Å².